The smallest absolute Gasteiger partial charge is 0.338 e. The number of hydrogen-bond acceptors (Lipinski definition) is 8. The van der Waals surface area contributed by atoms with Gasteiger partial charge in [-0.15, -0.1) is 0 Å². The van der Waals surface area contributed by atoms with Crippen LogP contribution in [0.4, 0.5) is 0 Å². The molecular formula is C20H18N2O6S2. The maximum absolute atomic E-state index is 12.6. The maximum atomic E-state index is 12.6. The van der Waals surface area contributed by atoms with Gasteiger partial charge in [-0.05, 0) is 26.0 Å². The van der Waals surface area contributed by atoms with Crippen LogP contribution >= 0.6 is 23.5 Å². The van der Waals surface area contributed by atoms with Crippen molar-refractivity contribution in [2.24, 2.45) is 0 Å². The van der Waals surface area contributed by atoms with Crippen molar-refractivity contribution in [3.05, 3.63) is 46.2 Å². The molecule has 1 aromatic rings. The Kier molecular flexibility index (Phi) is 5.82. The summed E-state index contributed by atoms with van der Waals surface area (Å²) in [4.78, 5) is 50.1. The lowest BCUT2D eigenvalue weighted by atomic mass is 10.3. The van der Waals surface area contributed by atoms with Crippen molar-refractivity contribution in [1.29, 1.82) is 0 Å². The highest BCUT2D eigenvalue weighted by atomic mass is 32.2. The first kappa shape index (κ1) is 21.7. The number of fused-ring (bicyclic) bond motifs is 1. The Morgan fingerprint density at radius 3 is 1.53 bits per heavy atom. The molecule has 156 valence electrons. The molecule has 8 nitrogen and oxygen atoms in total. The number of amides is 2. The van der Waals surface area contributed by atoms with E-state index >= 15 is 0 Å². The fourth-order valence-electron chi connectivity index (χ4n) is 2.43. The Balaban J connectivity index is 2.09. The number of nitrogens with zero attached hydrogens (tertiary/aromatic N) is 2. The van der Waals surface area contributed by atoms with Crippen LogP contribution in [0.1, 0.15) is 13.8 Å². The van der Waals surface area contributed by atoms with Crippen LogP contribution in [0.3, 0.4) is 0 Å². The third-order valence-corrected chi connectivity index (χ3v) is 6.83. The van der Waals surface area contributed by atoms with Crippen molar-refractivity contribution in [1.82, 2.24) is 10.0 Å². The van der Waals surface area contributed by atoms with Gasteiger partial charge in [0.05, 0.1) is 14.0 Å². The molecule has 1 fully saturated rings. The lowest BCUT2D eigenvalue weighted by Gasteiger charge is -2.16. The van der Waals surface area contributed by atoms with Crippen LogP contribution in [0.2, 0.25) is 0 Å². The number of likely N-dealkylation sites (N-methyl/N-ethyl adjacent to an activating group) is 2. The van der Waals surface area contributed by atoms with E-state index in [2.05, 4.69) is 13.2 Å². The number of carbonyl (C=O) groups excluding carboxylic acids is 4. The molecule has 0 atom stereocenters. The summed E-state index contributed by atoms with van der Waals surface area (Å²) in [6.45, 7) is 10.2. The summed E-state index contributed by atoms with van der Waals surface area (Å²) >= 11 is 2.20. The average Bonchev–Trinajstić information content (AvgIpc) is 3.20. The molecule has 0 unspecified atom stereocenters. The molecule has 10 heteroatoms. The SMILES string of the molecule is C=C(C)C(=O)Oc1ccc(OC(=O)C(=C)C)c2c1SC(=C1C(=O)N(C)N(C)C1=O)S2. The monoisotopic (exact) mass is 446 g/mol. The molecule has 0 spiro atoms. The second-order valence-electron chi connectivity index (χ2n) is 6.58. The molecule has 30 heavy (non-hydrogen) atoms. The predicted octanol–water partition coefficient (Wildman–Crippen LogP) is 2.90. The lowest BCUT2D eigenvalue weighted by molar-refractivity contribution is -0.141. The van der Waals surface area contributed by atoms with E-state index in [0.717, 1.165) is 23.5 Å². The van der Waals surface area contributed by atoms with Gasteiger partial charge in [0.1, 0.15) is 17.1 Å². The van der Waals surface area contributed by atoms with Crippen LogP contribution in [0.15, 0.2) is 56.0 Å². The first-order valence-corrected chi connectivity index (χ1v) is 10.2. The highest BCUT2D eigenvalue weighted by Crippen LogP contribution is 2.59. The van der Waals surface area contributed by atoms with Gasteiger partial charge in [0.15, 0.2) is 0 Å². The molecule has 0 aromatic heterocycles. The lowest BCUT2D eigenvalue weighted by Crippen LogP contribution is -2.33. The Hall–Kier alpha value is -2.98. The highest BCUT2D eigenvalue weighted by molar-refractivity contribution is 8.25. The van der Waals surface area contributed by atoms with Crippen molar-refractivity contribution in [2.75, 3.05) is 14.1 Å². The molecule has 0 saturated carbocycles. The van der Waals surface area contributed by atoms with E-state index in [1.165, 1.54) is 50.1 Å². The quantitative estimate of drug-likeness (QED) is 0.302. The molecular weight excluding hydrogens is 428 g/mol. The standard InChI is InChI=1S/C20H18N2O6S2/c1-9(2)18(25)27-11-7-8-12(28-19(26)10(3)4)15-14(11)29-20(30-15)13-16(23)21(5)22(6)17(13)24/h7-8H,1,3H2,2,4-6H3. The number of hydrogen-bond donors (Lipinski definition) is 0. The Morgan fingerprint density at radius 2 is 1.20 bits per heavy atom. The second-order valence-corrected chi connectivity index (χ2v) is 8.88. The number of benzene rings is 1. The third-order valence-electron chi connectivity index (χ3n) is 4.20. The molecule has 2 aliphatic rings. The number of carbonyl (C=O) groups is 4. The number of hydrazine groups is 1. The second kappa shape index (κ2) is 8.04. The van der Waals surface area contributed by atoms with E-state index in [0.29, 0.717) is 14.0 Å². The summed E-state index contributed by atoms with van der Waals surface area (Å²) in [5.74, 6) is -1.73. The van der Waals surface area contributed by atoms with Crippen LogP contribution in [0.5, 0.6) is 11.5 Å². The number of thioether (sulfide) groups is 2. The topological polar surface area (TPSA) is 93.2 Å². The van der Waals surface area contributed by atoms with Crippen LogP contribution < -0.4 is 9.47 Å². The van der Waals surface area contributed by atoms with Gasteiger partial charge >= 0.3 is 11.9 Å². The van der Waals surface area contributed by atoms with Crippen LogP contribution in [0, 0.1) is 0 Å². The Bertz CT molecular complexity index is 994. The van der Waals surface area contributed by atoms with Gasteiger partial charge < -0.3 is 9.47 Å². The fourth-order valence-corrected chi connectivity index (χ4v) is 5.07. The van der Waals surface area contributed by atoms with E-state index < -0.39 is 23.8 Å². The number of ether oxygens (including phenoxy) is 2. The third kappa shape index (κ3) is 3.75. The molecule has 0 N–H and O–H groups in total. The summed E-state index contributed by atoms with van der Waals surface area (Å²) in [5.41, 5.74) is 0.417. The van der Waals surface area contributed by atoms with E-state index in [-0.39, 0.29) is 28.2 Å². The molecule has 2 aliphatic heterocycles. The van der Waals surface area contributed by atoms with Gasteiger partial charge in [-0.25, -0.2) is 9.59 Å². The molecule has 1 aromatic carbocycles. The van der Waals surface area contributed by atoms with Crippen LogP contribution in [-0.2, 0) is 19.2 Å². The zero-order chi connectivity index (χ0) is 22.3. The van der Waals surface area contributed by atoms with Crippen molar-refractivity contribution >= 4 is 47.3 Å². The molecule has 0 aliphatic carbocycles. The molecule has 2 heterocycles. The van der Waals surface area contributed by atoms with E-state index in [1.54, 1.807) is 0 Å². The van der Waals surface area contributed by atoms with E-state index in [1.807, 2.05) is 0 Å². The van der Waals surface area contributed by atoms with Gasteiger partial charge in [0, 0.05) is 25.2 Å². The van der Waals surface area contributed by atoms with Crippen molar-refractivity contribution in [3.8, 4) is 11.5 Å². The first-order chi connectivity index (χ1) is 14.0. The van der Waals surface area contributed by atoms with E-state index in [4.69, 9.17) is 9.47 Å². The van der Waals surface area contributed by atoms with Crippen LogP contribution in [0.25, 0.3) is 0 Å². The fraction of sp³-hybridized carbons (Fsp3) is 0.200. The van der Waals surface area contributed by atoms with Crippen molar-refractivity contribution in [3.63, 3.8) is 0 Å². The zero-order valence-corrected chi connectivity index (χ0v) is 18.4. The summed E-state index contributed by atoms with van der Waals surface area (Å²) in [6.07, 6.45) is 0. The van der Waals surface area contributed by atoms with Gasteiger partial charge in [-0.3, -0.25) is 19.6 Å². The summed E-state index contributed by atoms with van der Waals surface area (Å²) in [6, 6.07) is 2.97. The van der Waals surface area contributed by atoms with Gasteiger partial charge in [-0.1, -0.05) is 36.7 Å². The van der Waals surface area contributed by atoms with E-state index in [9.17, 15) is 19.2 Å². The molecule has 0 bridgehead atoms. The van der Waals surface area contributed by atoms with Gasteiger partial charge in [0.25, 0.3) is 11.8 Å². The number of esters is 2. The van der Waals surface area contributed by atoms with Gasteiger partial charge in [0.2, 0.25) is 0 Å². The van der Waals surface area contributed by atoms with Gasteiger partial charge in [-0.2, -0.15) is 0 Å². The average molecular weight is 447 g/mol. The van der Waals surface area contributed by atoms with Crippen LogP contribution in [-0.4, -0.2) is 47.9 Å². The predicted molar refractivity (Wildman–Crippen MR) is 112 cm³/mol. The first-order valence-electron chi connectivity index (χ1n) is 8.61. The summed E-state index contributed by atoms with van der Waals surface area (Å²) < 4.78 is 11.2. The molecule has 0 radical (unpaired) electrons. The summed E-state index contributed by atoms with van der Waals surface area (Å²) in [7, 11) is 2.98. The normalized spacial score (nSPS) is 15.5. The maximum Gasteiger partial charge on any atom is 0.338 e. The Morgan fingerprint density at radius 1 is 0.833 bits per heavy atom. The number of rotatable bonds is 4. The molecule has 2 amide bonds. The summed E-state index contributed by atoms with van der Waals surface area (Å²) in [5, 5.41) is 2.41. The molecule has 1 saturated heterocycles. The Labute approximate surface area is 181 Å². The highest BCUT2D eigenvalue weighted by Gasteiger charge is 2.42. The van der Waals surface area contributed by atoms with Crippen molar-refractivity contribution < 1.29 is 28.7 Å². The largest absolute Gasteiger partial charge is 0.422 e. The molecule has 3 rings (SSSR count). The minimum atomic E-state index is -0.622. The minimum absolute atomic E-state index is 0.000514. The zero-order valence-electron chi connectivity index (χ0n) is 16.7. The van der Waals surface area contributed by atoms with Crippen molar-refractivity contribution in [2.45, 2.75) is 23.6 Å². The minimum Gasteiger partial charge on any atom is -0.422 e.